The first kappa shape index (κ1) is 29.1. The van der Waals surface area contributed by atoms with Crippen molar-refractivity contribution in [1.29, 1.82) is 0 Å². The fourth-order valence-corrected chi connectivity index (χ4v) is 3.34. The normalized spacial score (nSPS) is 15.5. The SMILES string of the molecule is CCC(C)C(NC(=O)C(N)Cc1ccccc1)C(=O)NC(CO)C(=O)NC(CC(C)C)C(=O)O. The van der Waals surface area contributed by atoms with Gasteiger partial charge in [-0.1, -0.05) is 64.4 Å². The monoisotopic (exact) mass is 478 g/mol. The predicted molar refractivity (Wildman–Crippen MR) is 128 cm³/mol. The summed E-state index contributed by atoms with van der Waals surface area (Å²) in [5.41, 5.74) is 6.91. The zero-order valence-electron chi connectivity index (χ0n) is 20.3. The van der Waals surface area contributed by atoms with Gasteiger partial charge in [0.2, 0.25) is 17.7 Å². The maximum atomic E-state index is 13.0. The minimum Gasteiger partial charge on any atom is -0.480 e. The molecular formula is C24H38N4O6. The molecule has 0 saturated heterocycles. The molecule has 0 saturated carbocycles. The number of carbonyl (C=O) groups excluding carboxylic acids is 3. The fraction of sp³-hybridized carbons (Fsp3) is 0.583. The molecule has 5 atom stereocenters. The van der Waals surface area contributed by atoms with Crippen LogP contribution in [0.2, 0.25) is 0 Å². The summed E-state index contributed by atoms with van der Waals surface area (Å²) in [4.78, 5) is 49.6. The molecule has 0 heterocycles. The first-order valence-electron chi connectivity index (χ1n) is 11.5. The summed E-state index contributed by atoms with van der Waals surface area (Å²) in [7, 11) is 0. The van der Waals surface area contributed by atoms with Crippen molar-refractivity contribution in [3.63, 3.8) is 0 Å². The molecule has 0 fully saturated rings. The van der Waals surface area contributed by atoms with Gasteiger partial charge in [0.1, 0.15) is 18.1 Å². The lowest BCUT2D eigenvalue weighted by molar-refractivity contribution is -0.143. The van der Waals surface area contributed by atoms with Crippen LogP contribution >= 0.6 is 0 Å². The van der Waals surface area contributed by atoms with Gasteiger partial charge in [-0.3, -0.25) is 14.4 Å². The van der Waals surface area contributed by atoms with Gasteiger partial charge < -0.3 is 31.9 Å². The lowest BCUT2D eigenvalue weighted by atomic mass is 9.97. The third-order valence-corrected chi connectivity index (χ3v) is 5.57. The predicted octanol–water partition coefficient (Wildman–Crippen LogP) is 0.180. The third kappa shape index (κ3) is 9.48. The highest BCUT2D eigenvalue weighted by Gasteiger charge is 2.32. The molecule has 5 unspecified atom stereocenters. The van der Waals surface area contributed by atoms with Crippen LogP contribution in [0.25, 0.3) is 0 Å². The maximum Gasteiger partial charge on any atom is 0.326 e. The number of rotatable bonds is 14. The summed E-state index contributed by atoms with van der Waals surface area (Å²) in [6.45, 7) is 6.51. The summed E-state index contributed by atoms with van der Waals surface area (Å²) in [6, 6.07) is 4.82. The van der Waals surface area contributed by atoms with E-state index in [4.69, 9.17) is 5.73 Å². The van der Waals surface area contributed by atoms with Gasteiger partial charge in [-0.25, -0.2) is 4.79 Å². The molecular weight excluding hydrogens is 440 g/mol. The highest BCUT2D eigenvalue weighted by molar-refractivity contribution is 5.94. The summed E-state index contributed by atoms with van der Waals surface area (Å²) in [6.07, 6.45) is 1.03. The van der Waals surface area contributed by atoms with Gasteiger partial charge in [0.25, 0.3) is 0 Å². The van der Waals surface area contributed by atoms with E-state index in [2.05, 4.69) is 16.0 Å². The van der Waals surface area contributed by atoms with Gasteiger partial charge in [-0.15, -0.1) is 0 Å². The molecule has 1 rings (SSSR count). The van der Waals surface area contributed by atoms with Gasteiger partial charge in [0.15, 0.2) is 0 Å². The molecule has 1 aromatic rings. The minimum atomic E-state index is -1.37. The number of amides is 3. The van der Waals surface area contributed by atoms with Crippen LogP contribution < -0.4 is 21.7 Å². The van der Waals surface area contributed by atoms with Crippen molar-refractivity contribution in [3.8, 4) is 0 Å². The summed E-state index contributed by atoms with van der Waals surface area (Å²) >= 11 is 0. The molecule has 3 amide bonds. The Morgan fingerprint density at radius 1 is 0.912 bits per heavy atom. The number of carboxylic acid groups (broad SMARTS) is 1. The van der Waals surface area contributed by atoms with E-state index in [0.717, 1.165) is 5.56 Å². The molecule has 0 aliphatic heterocycles. The number of carboxylic acids is 1. The van der Waals surface area contributed by atoms with E-state index in [9.17, 15) is 29.4 Å². The summed E-state index contributed by atoms with van der Waals surface area (Å²) < 4.78 is 0. The first-order valence-corrected chi connectivity index (χ1v) is 11.5. The quantitative estimate of drug-likeness (QED) is 0.221. The molecule has 10 heteroatoms. The van der Waals surface area contributed by atoms with Crippen molar-refractivity contribution in [2.45, 2.75) is 71.1 Å². The molecule has 0 spiro atoms. The van der Waals surface area contributed by atoms with Crippen LogP contribution in [0.3, 0.4) is 0 Å². The Bertz CT molecular complexity index is 817. The highest BCUT2D eigenvalue weighted by Crippen LogP contribution is 2.10. The van der Waals surface area contributed by atoms with E-state index in [1.165, 1.54) is 0 Å². The maximum absolute atomic E-state index is 13.0. The standard InChI is InChI=1S/C24H38N4O6/c1-5-15(4)20(28-21(30)17(25)12-16-9-7-6-8-10-16)23(32)27-19(13-29)22(31)26-18(24(33)34)11-14(2)3/h6-10,14-15,17-20,29H,5,11-13,25H2,1-4H3,(H,26,31)(H,27,32)(H,28,30)(H,33,34). The van der Waals surface area contributed by atoms with Gasteiger partial charge in [0.05, 0.1) is 12.6 Å². The second-order valence-electron chi connectivity index (χ2n) is 8.94. The van der Waals surface area contributed by atoms with Crippen LogP contribution in [0.4, 0.5) is 0 Å². The third-order valence-electron chi connectivity index (χ3n) is 5.57. The molecule has 0 radical (unpaired) electrons. The van der Waals surface area contributed by atoms with Crippen molar-refractivity contribution in [2.24, 2.45) is 17.6 Å². The van der Waals surface area contributed by atoms with Crippen molar-refractivity contribution in [2.75, 3.05) is 6.61 Å². The number of aliphatic carboxylic acids is 1. The van der Waals surface area contributed by atoms with E-state index in [-0.39, 0.29) is 24.7 Å². The lowest BCUT2D eigenvalue weighted by Gasteiger charge is -2.27. The van der Waals surface area contributed by atoms with Crippen LogP contribution in [0.5, 0.6) is 0 Å². The van der Waals surface area contributed by atoms with Crippen molar-refractivity contribution < 1.29 is 29.4 Å². The topological polar surface area (TPSA) is 171 Å². The summed E-state index contributed by atoms with van der Waals surface area (Å²) in [5.74, 6) is -3.49. The Morgan fingerprint density at radius 2 is 1.50 bits per heavy atom. The number of nitrogens with one attached hydrogen (secondary N) is 3. The number of aliphatic hydroxyl groups excluding tert-OH is 1. The molecule has 190 valence electrons. The van der Waals surface area contributed by atoms with Crippen LogP contribution in [-0.2, 0) is 25.6 Å². The van der Waals surface area contributed by atoms with Crippen LogP contribution in [-0.4, -0.2) is 64.7 Å². The van der Waals surface area contributed by atoms with E-state index >= 15 is 0 Å². The lowest BCUT2D eigenvalue weighted by Crippen LogP contribution is -2.59. The Kier molecular flexibility index (Phi) is 12.2. The Balaban J connectivity index is 2.86. The minimum absolute atomic E-state index is 0.00802. The molecule has 0 aliphatic carbocycles. The van der Waals surface area contributed by atoms with Gasteiger partial charge in [-0.2, -0.15) is 0 Å². The first-order chi connectivity index (χ1) is 16.0. The zero-order chi connectivity index (χ0) is 25.8. The second kappa shape index (κ2) is 14.3. The molecule has 7 N–H and O–H groups in total. The number of aliphatic hydroxyl groups is 1. The average molecular weight is 479 g/mol. The van der Waals surface area contributed by atoms with E-state index in [1.54, 1.807) is 6.92 Å². The molecule has 1 aromatic carbocycles. The average Bonchev–Trinajstić information content (AvgIpc) is 2.79. The van der Waals surface area contributed by atoms with Crippen molar-refractivity contribution in [3.05, 3.63) is 35.9 Å². The molecule has 0 aromatic heterocycles. The van der Waals surface area contributed by atoms with Crippen molar-refractivity contribution in [1.82, 2.24) is 16.0 Å². The van der Waals surface area contributed by atoms with Gasteiger partial charge in [-0.05, 0) is 30.2 Å². The zero-order valence-corrected chi connectivity index (χ0v) is 20.3. The van der Waals surface area contributed by atoms with Gasteiger partial charge >= 0.3 is 5.97 Å². The van der Waals surface area contributed by atoms with E-state index < -0.39 is 54.5 Å². The van der Waals surface area contributed by atoms with E-state index in [0.29, 0.717) is 6.42 Å². The summed E-state index contributed by atoms with van der Waals surface area (Å²) in [5, 5.41) is 26.4. The number of nitrogens with two attached hydrogens (primary N) is 1. The number of hydrogen-bond acceptors (Lipinski definition) is 6. The largest absolute Gasteiger partial charge is 0.480 e. The van der Waals surface area contributed by atoms with Gasteiger partial charge in [0, 0.05) is 0 Å². The van der Waals surface area contributed by atoms with Crippen LogP contribution in [0.15, 0.2) is 30.3 Å². The second-order valence-corrected chi connectivity index (χ2v) is 8.94. The Labute approximate surface area is 200 Å². The Hall–Kier alpha value is -2.98. The van der Waals surface area contributed by atoms with Crippen molar-refractivity contribution >= 4 is 23.7 Å². The number of hydrogen-bond donors (Lipinski definition) is 6. The highest BCUT2D eigenvalue weighted by atomic mass is 16.4. The number of benzene rings is 1. The Morgan fingerprint density at radius 3 is 2.00 bits per heavy atom. The van der Waals surface area contributed by atoms with Crippen LogP contribution in [0, 0.1) is 11.8 Å². The number of carbonyl (C=O) groups is 4. The molecule has 0 aliphatic rings. The fourth-order valence-electron chi connectivity index (χ4n) is 3.34. The smallest absolute Gasteiger partial charge is 0.326 e. The molecule has 0 bridgehead atoms. The molecule has 10 nitrogen and oxygen atoms in total. The van der Waals surface area contributed by atoms with E-state index in [1.807, 2.05) is 51.1 Å². The van der Waals surface area contributed by atoms with Crippen LogP contribution in [0.1, 0.15) is 46.1 Å². The molecule has 34 heavy (non-hydrogen) atoms.